The lowest BCUT2D eigenvalue weighted by molar-refractivity contribution is -0.265. The van der Waals surface area contributed by atoms with Crippen LogP contribution in [0.1, 0.15) is 126 Å². The maximum atomic E-state index is 16.2. The number of carbonyl (C=O) groups is 5. The number of hydrogen-bond acceptors (Lipinski definition) is 12. The summed E-state index contributed by atoms with van der Waals surface area (Å²) in [5.74, 6) is -8.44. The quantitative estimate of drug-likeness (QED) is 0.157. The molecule has 0 radical (unpaired) electrons. The molecule has 15 atom stereocenters. The van der Waals surface area contributed by atoms with Crippen molar-refractivity contribution in [2.24, 2.45) is 35.5 Å². The molecule has 14 heteroatoms. The second-order valence-corrected chi connectivity index (χ2v) is 19.5. The maximum Gasteiger partial charge on any atom is 0.329 e. The predicted octanol–water partition coefficient (Wildman–Crippen LogP) is 7.16. The summed E-state index contributed by atoms with van der Waals surface area (Å²) in [6.07, 6.45) is 9.94. The number of piperidine rings is 1. The van der Waals surface area contributed by atoms with Gasteiger partial charge >= 0.3 is 5.97 Å². The van der Waals surface area contributed by atoms with E-state index >= 15 is 4.39 Å². The lowest BCUT2D eigenvalue weighted by Gasteiger charge is -2.42. The van der Waals surface area contributed by atoms with E-state index in [1.165, 1.54) is 25.0 Å². The highest BCUT2D eigenvalue weighted by atomic mass is 19.1. The Bertz CT molecular complexity index is 1760. The molecule has 3 heterocycles. The molecule has 3 aliphatic heterocycles. The number of ketones is 3. The highest BCUT2D eigenvalue weighted by Gasteiger charge is 2.53. The first-order valence-corrected chi connectivity index (χ1v) is 23.9. The number of halogens is 1. The average Bonchev–Trinajstić information content (AvgIpc) is 3.28. The Labute approximate surface area is 386 Å². The minimum Gasteiger partial charge on any atom is -0.460 e. The number of methoxy groups -OCH3 is 3. The predicted molar refractivity (Wildman–Crippen MR) is 244 cm³/mol. The molecule has 4 rings (SSSR count). The molecule has 4 aliphatic rings. The van der Waals surface area contributed by atoms with Crippen LogP contribution in [0.3, 0.4) is 0 Å². The van der Waals surface area contributed by atoms with Gasteiger partial charge in [-0.05, 0) is 107 Å². The van der Waals surface area contributed by atoms with Crippen LogP contribution < -0.4 is 0 Å². The molecule has 2 unspecified atom stereocenters. The van der Waals surface area contributed by atoms with Crippen molar-refractivity contribution in [3.8, 4) is 0 Å². The van der Waals surface area contributed by atoms with Gasteiger partial charge in [0.1, 0.15) is 17.9 Å². The number of nitrogens with zero attached hydrogens (tertiary/aromatic N) is 1. The molecular formula is C51H78FNO12. The number of alkyl halides is 1. The third kappa shape index (κ3) is 14.3. The molecule has 0 aromatic rings. The normalized spacial score (nSPS) is 39.1. The van der Waals surface area contributed by atoms with E-state index in [0.29, 0.717) is 64.2 Å². The van der Waals surface area contributed by atoms with Gasteiger partial charge in [0.15, 0.2) is 18.1 Å². The van der Waals surface area contributed by atoms with Crippen molar-refractivity contribution in [2.45, 2.75) is 180 Å². The second-order valence-electron chi connectivity index (χ2n) is 19.5. The molecule has 1 amide bonds. The average molecular weight is 916 g/mol. The van der Waals surface area contributed by atoms with Crippen molar-refractivity contribution >= 4 is 29.2 Å². The molecule has 0 aromatic carbocycles. The second kappa shape index (κ2) is 25.1. The van der Waals surface area contributed by atoms with Crippen LogP contribution in [-0.2, 0) is 47.7 Å². The van der Waals surface area contributed by atoms with E-state index in [1.54, 1.807) is 35.0 Å². The van der Waals surface area contributed by atoms with Crippen LogP contribution >= 0.6 is 0 Å². The van der Waals surface area contributed by atoms with E-state index in [9.17, 15) is 34.2 Å². The Morgan fingerprint density at radius 2 is 1.60 bits per heavy atom. The Morgan fingerprint density at radius 1 is 0.877 bits per heavy atom. The molecule has 13 nitrogen and oxygen atoms in total. The first kappa shape index (κ1) is 54.2. The summed E-state index contributed by atoms with van der Waals surface area (Å²) in [6, 6.07) is -1.16. The van der Waals surface area contributed by atoms with Crippen LogP contribution in [0.15, 0.2) is 47.6 Å². The first-order valence-electron chi connectivity index (χ1n) is 23.9. The molecule has 3 fully saturated rings. The molecule has 2 bridgehead atoms. The van der Waals surface area contributed by atoms with Gasteiger partial charge in [0.25, 0.3) is 11.7 Å². The molecule has 1 saturated carbocycles. The van der Waals surface area contributed by atoms with Crippen molar-refractivity contribution in [1.82, 2.24) is 4.90 Å². The molecule has 366 valence electrons. The smallest absolute Gasteiger partial charge is 0.329 e. The Hall–Kier alpha value is -3.40. The van der Waals surface area contributed by atoms with Gasteiger partial charge in [0.05, 0.1) is 24.4 Å². The van der Waals surface area contributed by atoms with E-state index in [4.69, 9.17) is 23.7 Å². The first-order chi connectivity index (χ1) is 30.7. The summed E-state index contributed by atoms with van der Waals surface area (Å²) in [4.78, 5) is 71.6. The Morgan fingerprint density at radius 3 is 2.28 bits per heavy atom. The molecule has 0 aromatic heterocycles. The molecule has 2 saturated heterocycles. The lowest BCUT2D eigenvalue weighted by atomic mass is 9.78. The number of rotatable bonds is 6. The number of hydrogen-bond donors (Lipinski definition) is 2. The maximum absolute atomic E-state index is 16.2. The van der Waals surface area contributed by atoms with Crippen molar-refractivity contribution in [1.29, 1.82) is 0 Å². The van der Waals surface area contributed by atoms with Crippen LogP contribution in [-0.4, -0.2) is 127 Å². The van der Waals surface area contributed by atoms with Gasteiger partial charge in [-0.1, -0.05) is 71.1 Å². The molecule has 65 heavy (non-hydrogen) atoms. The van der Waals surface area contributed by atoms with Gasteiger partial charge in [0, 0.05) is 58.5 Å². The number of carbonyl (C=O) groups excluding carboxylic acids is 5. The zero-order chi connectivity index (χ0) is 48.2. The summed E-state index contributed by atoms with van der Waals surface area (Å²) in [5, 5.41) is 22.4. The van der Waals surface area contributed by atoms with Crippen LogP contribution in [0.4, 0.5) is 4.39 Å². The number of aliphatic hydroxyl groups is 2. The number of aliphatic hydroxyl groups excluding tert-OH is 1. The molecular weight excluding hydrogens is 838 g/mol. The highest BCUT2D eigenvalue weighted by molar-refractivity contribution is 6.39. The monoisotopic (exact) mass is 916 g/mol. The summed E-state index contributed by atoms with van der Waals surface area (Å²) >= 11 is 0. The number of esters is 1. The molecule has 0 spiro atoms. The zero-order valence-corrected chi connectivity index (χ0v) is 40.5. The zero-order valence-electron chi connectivity index (χ0n) is 40.5. The highest BCUT2D eigenvalue weighted by Crippen LogP contribution is 2.38. The van der Waals surface area contributed by atoms with Crippen molar-refractivity contribution in [2.75, 3.05) is 27.9 Å². The minimum absolute atomic E-state index is 0.0215. The van der Waals surface area contributed by atoms with Gasteiger partial charge in [-0.15, -0.1) is 0 Å². The Balaban J connectivity index is 1.70. The largest absolute Gasteiger partial charge is 0.460 e. The number of cyclic esters (lactones) is 1. The lowest BCUT2D eigenvalue weighted by Crippen LogP contribution is -2.61. The number of Topliss-reactive ketones (excluding diaryl/α,β-unsaturated/α-hetero) is 3. The van der Waals surface area contributed by atoms with Crippen molar-refractivity contribution in [3.63, 3.8) is 0 Å². The molecule has 2 N–H and O–H groups in total. The summed E-state index contributed by atoms with van der Waals surface area (Å²) in [6.45, 7) is 12.4. The summed E-state index contributed by atoms with van der Waals surface area (Å²) in [7, 11) is 4.42. The van der Waals surface area contributed by atoms with Crippen molar-refractivity contribution in [3.05, 3.63) is 47.6 Å². The van der Waals surface area contributed by atoms with Crippen LogP contribution in [0.5, 0.6) is 0 Å². The van der Waals surface area contributed by atoms with E-state index in [2.05, 4.69) is 0 Å². The third-order valence-corrected chi connectivity index (χ3v) is 14.4. The number of ether oxygens (including phenoxy) is 5. The standard InChI is InChI=1S/C51H78FNO12/c1-30-16-12-11-13-17-31(2)42(61-8)28-38-21-19-36(7)51(60,65-38)48(57)49(58)53-23-15-14-18-39(53)50(59)64-43(33(4)26-37-20-22-40(54)44(27-37)62-9)29-41(55)32(3)25-34(5)45(52)47(63-10)46(56)35(6)24-30/h11-13,16-17,25,30,32-33,35-40,42-45,47,54,60H,14-15,18-24,26-29H2,1-10H3/b13-11?,16-12+,31-17?,34-25+/t30-,32-,33-,35-,36-,37+,38+,39+,40-,42+,43?,44-,45?,47-,51-/m1/s1. The van der Waals surface area contributed by atoms with E-state index in [-0.39, 0.29) is 60.4 Å². The van der Waals surface area contributed by atoms with Gasteiger partial charge in [-0.3, -0.25) is 19.2 Å². The van der Waals surface area contributed by atoms with Gasteiger partial charge in [-0.25, -0.2) is 9.18 Å². The molecule has 1 aliphatic carbocycles. The topological polar surface area (TPSA) is 175 Å². The number of amides is 1. The Kier molecular flexibility index (Phi) is 20.9. The van der Waals surface area contributed by atoms with E-state index in [0.717, 1.165) is 5.57 Å². The number of fused-ring (bicyclic) bond motifs is 3. The SMILES string of the molecule is CO[C@H]1C[C@@H]2CC[C@@H](C)[C@@](O)(O2)C(=O)C(=O)N2CCCC[C@H]2C(=O)OC([C@H](C)C[C@@H]2CC[C@@H](O)[C@H](OC)C2)CC(=O)[C@H](C)/C=C(\C)C(F)[C@@H](OC)C(=O)[C@H](C)C[C@H](C)/C=C/C=CC=C1C. The summed E-state index contributed by atoms with van der Waals surface area (Å²) < 4.78 is 45.4. The van der Waals surface area contributed by atoms with E-state index < -0.39 is 83.9 Å². The minimum atomic E-state index is -2.44. The third-order valence-electron chi connectivity index (χ3n) is 14.4. The van der Waals surface area contributed by atoms with Gasteiger partial charge < -0.3 is 38.8 Å². The fourth-order valence-electron chi connectivity index (χ4n) is 10.1. The van der Waals surface area contributed by atoms with Gasteiger partial charge in [-0.2, -0.15) is 0 Å². The van der Waals surface area contributed by atoms with Crippen molar-refractivity contribution < 1.29 is 62.3 Å². The fourth-order valence-corrected chi connectivity index (χ4v) is 10.1. The number of allylic oxidation sites excluding steroid dienone is 6. The fraction of sp³-hybridized carbons (Fsp3) is 0.745. The van der Waals surface area contributed by atoms with E-state index in [1.807, 2.05) is 51.2 Å². The van der Waals surface area contributed by atoms with Gasteiger partial charge in [0.2, 0.25) is 5.79 Å². The van der Waals surface area contributed by atoms with Crippen LogP contribution in [0.25, 0.3) is 0 Å². The van der Waals surface area contributed by atoms with Crippen LogP contribution in [0.2, 0.25) is 0 Å². The van der Waals surface area contributed by atoms with Crippen LogP contribution in [0, 0.1) is 35.5 Å². The summed E-state index contributed by atoms with van der Waals surface area (Å²) in [5.41, 5.74) is 1.03.